The molecule has 0 aromatic heterocycles. The molecule has 0 bridgehead atoms. The number of anilines is 1. The lowest BCUT2D eigenvalue weighted by molar-refractivity contribution is -0.119. The molecule has 1 rings (SSSR count). The number of carbonyl (C=O) groups excluding carboxylic acids is 1. The first kappa shape index (κ1) is 14.8. The number of carbonyl (C=O) groups is 1. The quantitative estimate of drug-likeness (QED) is 0.761. The highest BCUT2D eigenvalue weighted by Gasteiger charge is 2.31. The van der Waals surface area contributed by atoms with E-state index in [4.69, 9.17) is 11.6 Å². The van der Waals surface area contributed by atoms with Crippen molar-refractivity contribution in [3.8, 4) is 0 Å². The molecule has 0 radical (unpaired) electrons. The van der Waals surface area contributed by atoms with Gasteiger partial charge in [-0.2, -0.15) is 13.2 Å². The highest BCUT2D eigenvalue weighted by atomic mass is 35.5. The van der Waals surface area contributed by atoms with E-state index < -0.39 is 12.7 Å². The van der Waals surface area contributed by atoms with Gasteiger partial charge in [0.1, 0.15) is 6.54 Å². The average molecular weight is 280 g/mol. The van der Waals surface area contributed by atoms with Crippen molar-refractivity contribution in [1.29, 1.82) is 0 Å². The third-order valence-corrected chi connectivity index (χ3v) is 2.68. The van der Waals surface area contributed by atoms with E-state index in [0.29, 0.717) is 12.7 Å². The Kier molecular flexibility index (Phi) is 5.02. The summed E-state index contributed by atoms with van der Waals surface area (Å²) in [6.07, 6.45) is -3.30. The van der Waals surface area contributed by atoms with Gasteiger partial charge in [-0.15, -0.1) is 0 Å². The van der Waals surface area contributed by atoms with Crippen LogP contribution in [0.3, 0.4) is 0 Å². The third-order valence-electron chi connectivity index (χ3n) is 2.35. The largest absolute Gasteiger partial charge is 0.405 e. The summed E-state index contributed by atoms with van der Waals surface area (Å²) in [5.41, 5.74) is 0.313. The number of halogens is 4. The minimum absolute atomic E-state index is 0.0943. The van der Waals surface area contributed by atoms with Gasteiger partial charge in [-0.05, 0) is 18.6 Å². The van der Waals surface area contributed by atoms with E-state index >= 15 is 0 Å². The smallest absolute Gasteiger partial charge is 0.362 e. The van der Waals surface area contributed by atoms with Gasteiger partial charge in [0, 0.05) is 12.2 Å². The number of nitrogens with zero attached hydrogens (tertiary/aromatic N) is 1. The molecule has 0 saturated carbocycles. The van der Waals surface area contributed by atoms with Crippen molar-refractivity contribution in [1.82, 2.24) is 0 Å². The van der Waals surface area contributed by atoms with Crippen LogP contribution in [-0.2, 0) is 0 Å². The SMILES string of the molecule is CCCN(CC(F)(F)F)c1cccc(Cl)c1C=O. The van der Waals surface area contributed by atoms with Gasteiger partial charge >= 0.3 is 6.18 Å². The molecule has 2 nitrogen and oxygen atoms in total. The minimum Gasteiger partial charge on any atom is -0.362 e. The molecule has 0 N–H and O–H groups in total. The predicted octanol–water partition coefficient (Wildman–Crippen LogP) is 3.93. The molecular formula is C12H13ClF3NO. The molecule has 1 aromatic carbocycles. The van der Waals surface area contributed by atoms with Crippen LogP contribution in [0, 0.1) is 0 Å². The maximum Gasteiger partial charge on any atom is 0.405 e. The molecule has 0 spiro atoms. The summed E-state index contributed by atoms with van der Waals surface area (Å²) in [5.74, 6) is 0. The number of hydrogen-bond donors (Lipinski definition) is 0. The van der Waals surface area contributed by atoms with Crippen LogP contribution in [-0.4, -0.2) is 25.6 Å². The van der Waals surface area contributed by atoms with Crippen molar-refractivity contribution in [2.75, 3.05) is 18.0 Å². The molecule has 0 fully saturated rings. The van der Waals surface area contributed by atoms with Gasteiger partial charge < -0.3 is 4.90 Å². The molecule has 0 aliphatic rings. The minimum atomic E-state index is -4.32. The van der Waals surface area contributed by atoms with Crippen LogP contribution in [0.4, 0.5) is 18.9 Å². The first-order chi connectivity index (χ1) is 8.39. The molecule has 6 heteroatoms. The number of benzene rings is 1. The van der Waals surface area contributed by atoms with Gasteiger partial charge in [-0.1, -0.05) is 24.6 Å². The highest BCUT2D eigenvalue weighted by molar-refractivity contribution is 6.33. The van der Waals surface area contributed by atoms with Crippen LogP contribution in [0.5, 0.6) is 0 Å². The van der Waals surface area contributed by atoms with Crippen molar-refractivity contribution < 1.29 is 18.0 Å². The molecule has 100 valence electrons. The fourth-order valence-corrected chi connectivity index (χ4v) is 1.90. The Labute approximate surface area is 108 Å². The van der Waals surface area contributed by atoms with Crippen molar-refractivity contribution in [2.24, 2.45) is 0 Å². The summed E-state index contributed by atoms with van der Waals surface area (Å²) in [5, 5.41) is 0.158. The molecule has 0 atom stereocenters. The van der Waals surface area contributed by atoms with Crippen LogP contribution in [0.15, 0.2) is 18.2 Å². The van der Waals surface area contributed by atoms with Crippen molar-refractivity contribution in [3.05, 3.63) is 28.8 Å². The number of hydrogen-bond acceptors (Lipinski definition) is 2. The first-order valence-corrected chi connectivity index (χ1v) is 5.82. The monoisotopic (exact) mass is 279 g/mol. The lowest BCUT2D eigenvalue weighted by atomic mass is 10.1. The topological polar surface area (TPSA) is 20.3 Å². The standard InChI is InChI=1S/C12H13ClF3NO/c1-2-6-17(8-12(14,15)16)11-5-3-4-10(13)9(11)7-18/h3-5,7H,2,6,8H2,1H3. The summed E-state index contributed by atoms with van der Waals surface area (Å²) in [6.45, 7) is 0.886. The van der Waals surface area contributed by atoms with Crippen molar-refractivity contribution in [2.45, 2.75) is 19.5 Å². The molecule has 0 saturated heterocycles. The molecule has 1 aromatic rings. The average Bonchev–Trinajstić information content (AvgIpc) is 2.26. The van der Waals surface area contributed by atoms with Gasteiger partial charge in [-0.3, -0.25) is 4.79 Å². The van der Waals surface area contributed by atoms with E-state index in [-0.39, 0.29) is 22.8 Å². The van der Waals surface area contributed by atoms with Gasteiger partial charge in [0.2, 0.25) is 0 Å². The molecule has 0 aliphatic heterocycles. The summed E-state index contributed by atoms with van der Waals surface area (Å²) in [6, 6.07) is 4.48. The molecular weight excluding hydrogens is 267 g/mol. The Hall–Kier alpha value is -1.23. The summed E-state index contributed by atoms with van der Waals surface area (Å²) in [4.78, 5) is 12.1. The number of alkyl halides is 3. The second-order valence-electron chi connectivity index (χ2n) is 3.83. The summed E-state index contributed by atoms with van der Waals surface area (Å²) >= 11 is 5.81. The van der Waals surface area contributed by atoms with Crippen molar-refractivity contribution in [3.63, 3.8) is 0 Å². The normalized spacial score (nSPS) is 11.4. The third kappa shape index (κ3) is 3.91. The molecule has 0 aliphatic carbocycles. The number of aldehydes is 1. The van der Waals surface area contributed by atoms with E-state index in [1.54, 1.807) is 6.92 Å². The fourth-order valence-electron chi connectivity index (χ4n) is 1.69. The highest BCUT2D eigenvalue weighted by Crippen LogP contribution is 2.28. The maximum absolute atomic E-state index is 12.5. The maximum atomic E-state index is 12.5. The Morgan fingerprint density at radius 2 is 2.06 bits per heavy atom. The molecule has 18 heavy (non-hydrogen) atoms. The Bertz CT molecular complexity index is 420. The molecule has 0 heterocycles. The zero-order valence-electron chi connectivity index (χ0n) is 9.80. The number of rotatable bonds is 5. The lowest BCUT2D eigenvalue weighted by Crippen LogP contribution is -2.35. The fraction of sp³-hybridized carbons (Fsp3) is 0.417. The van der Waals surface area contributed by atoms with E-state index in [1.807, 2.05) is 0 Å². The first-order valence-electron chi connectivity index (χ1n) is 5.44. The molecule has 0 amide bonds. The van der Waals surface area contributed by atoms with E-state index in [1.165, 1.54) is 18.2 Å². The van der Waals surface area contributed by atoms with Gasteiger partial charge in [0.25, 0.3) is 0 Å². The summed E-state index contributed by atoms with van der Waals surface area (Å²) < 4.78 is 37.5. The second kappa shape index (κ2) is 6.09. The lowest BCUT2D eigenvalue weighted by Gasteiger charge is -2.27. The van der Waals surface area contributed by atoms with Crippen molar-refractivity contribution >= 4 is 23.6 Å². The Morgan fingerprint density at radius 3 is 2.56 bits per heavy atom. The molecule has 0 unspecified atom stereocenters. The van der Waals surface area contributed by atoms with E-state index in [0.717, 1.165) is 4.90 Å². The Morgan fingerprint density at radius 1 is 1.39 bits per heavy atom. The van der Waals surface area contributed by atoms with Gasteiger partial charge in [0.05, 0.1) is 10.6 Å². The Balaban J connectivity index is 3.13. The van der Waals surface area contributed by atoms with Gasteiger partial charge in [0.15, 0.2) is 6.29 Å². The summed E-state index contributed by atoms with van der Waals surface area (Å²) in [7, 11) is 0. The van der Waals surface area contributed by atoms with Crippen LogP contribution < -0.4 is 4.90 Å². The van der Waals surface area contributed by atoms with Crippen LogP contribution >= 0.6 is 11.6 Å². The van der Waals surface area contributed by atoms with Crippen LogP contribution in [0.1, 0.15) is 23.7 Å². The van der Waals surface area contributed by atoms with E-state index in [9.17, 15) is 18.0 Å². The van der Waals surface area contributed by atoms with Gasteiger partial charge in [-0.25, -0.2) is 0 Å². The predicted molar refractivity (Wildman–Crippen MR) is 65.4 cm³/mol. The van der Waals surface area contributed by atoms with Crippen LogP contribution in [0.25, 0.3) is 0 Å². The second-order valence-corrected chi connectivity index (χ2v) is 4.23. The van der Waals surface area contributed by atoms with Crippen LogP contribution in [0.2, 0.25) is 5.02 Å². The zero-order valence-corrected chi connectivity index (χ0v) is 10.6. The van der Waals surface area contributed by atoms with E-state index in [2.05, 4.69) is 0 Å². The zero-order chi connectivity index (χ0) is 13.8.